The molecule has 0 saturated carbocycles. The first-order valence-electron chi connectivity index (χ1n) is 6.89. The molecule has 0 spiro atoms. The number of hydrogen-bond donors (Lipinski definition) is 1. The molecule has 5 heteroatoms. The minimum atomic E-state index is 0.0427. The summed E-state index contributed by atoms with van der Waals surface area (Å²) in [5.74, 6) is 1.70. The molecule has 4 nitrogen and oxygen atoms in total. The molecule has 1 aliphatic heterocycles. The molecule has 2 atom stereocenters. The van der Waals surface area contributed by atoms with Gasteiger partial charge in [-0.3, -0.25) is 4.79 Å². The summed E-state index contributed by atoms with van der Waals surface area (Å²) >= 11 is 3.44. The average Bonchev–Trinajstić information content (AvgIpc) is 2.47. The lowest BCUT2D eigenvalue weighted by atomic mass is 9.87. The molecule has 0 aromatic heterocycles. The van der Waals surface area contributed by atoms with E-state index >= 15 is 0 Å². The van der Waals surface area contributed by atoms with Gasteiger partial charge in [-0.05, 0) is 58.9 Å². The van der Waals surface area contributed by atoms with Crippen LogP contribution in [0.5, 0.6) is 5.75 Å². The number of ether oxygens (including phenoxy) is 1. The number of carbonyl (C=O) groups is 1. The molecule has 1 amide bonds. The van der Waals surface area contributed by atoms with Crippen LogP contribution in [0.3, 0.4) is 0 Å². The Kier molecular flexibility index (Phi) is 5.05. The van der Waals surface area contributed by atoms with Crippen LogP contribution in [0.2, 0.25) is 0 Å². The van der Waals surface area contributed by atoms with Gasteiger partial charge in [0, 0.05) is 17.6 Å². The lowest BCUT2D eigenvalue weighted by molar-refractivity contribution is 0.0617. The molecule has 2 rings (SSSR count). The first-order valence-corrected chi connectivity index (χ1v) is 7.69. The van der Waals surface area contributed by atoms with Gasteiger partial charge in [0.15, 0.2) is 0 Å². The molecule has 110 valence electrons. The van der Waals surface area contributed by atoms with Crippen molar-refractivity contribution in [3.8, 4) is 5.75 Å². The van der Waals surface area contributed by atoms with Gasteiger partial charge in [0.25, 0.3) is 5.91 Å². The van der Waals surface area contributed by atoms with Gasteiger partial charge >= 0.3 is 0 Å². The van der Waals surface area contributed by atoms with E-state index in [0.717, 1.165) is 24.0 Å². The summed E-state index contributed by atoms with van der Waals surface area (Å²) < 4.78 is 5.99. The number of amides is 1. The third kappa shape index (κ3) is 3.15. The summed E-state index contributed by atoms with van der Waals surface area (Å²) in [5.41, 5.74) is 6.45. The number of nitrogens with two attached hydrogens (primary N) is 1. The number of methoxy groups -OCH3 is 1. The molecule has 20 heavy (non-hydrogen) atoms. The van der Waals surface area contributed by atoms with Crippen LogP contribution in [0.25, 0.3) is 0 Å². The predicted molar refractivity (Wildman–Crippen MR) is 82.9 cm³/mol. The van der Waals surface area contributed by atoms with Gasteiger partial charge in [-0.1, -0.05) is 6.92 Å². The highest BCUT2D eigenvalue weighted by Crippen LogP contribution is 2.27. The third-order valence-electron chi connectivity index (χ3n) is 4.11. The number of carbonyl (C=O) groups excluding carboxylic acids is 1. The number of nitrogens with zero attached hydrogens (tertiary/aromatic N) is 1. The first-order chi connectivity index (χ1) is 9.56. The Balaban J connectivity index is 2.19. The Morgan fingerprint density at radius 3 is 2.95 bits per heavy atom. The summed E-state index contributed by atoms with van der Waals surface area (Å²) in [5, 5.41) is 0. The fourth-order valence-electron chi connectivity index (χ4n) is 2.61. The SMILES string of the molecule is COc1ccc(Br)c(C(=O)N2CCC(C)C(CN)C2)c1. The van der Waals surface area contributed by atoms with Crippen LogP contribution in [0.15, 0.2) is 22.7 Å². The molecular formula is C15H21BrN2O2. The van der Waals surface area contributed by atoms with Crippen LogP contribution in [-0.4, -0.2) is 37.6 Å². The monoisotopic (exact) mass is 340 g/mol. The van der Waals surface area contributed by atoms with Crippen molar-refractivity contribution in [1.82, 2.24) is 4.90 Å². The number of halogens is 1. The summed E-state index contributed by atoms with van der Waals surface area (Å²) in [4.78, 5) is 14.6. The molecule has 0 aliphatic carbocycles. The van der Waals surface area contributed by atoms with E-state index in [1.807, 2.05) is 17.0 Å². The highest BCUT2D eigenvalue weighted by Gasteiger charge is 2.29. The Hall–Kier alpha value is -1.07. The number of hydrogen-bond acceptors (Lipinski definition) is 3. The second-order valence-corrected chi connectivity index (χ2v) is 6.21. The van der Waals surface area contributed by atoms with E-state index < -0.39 is 0 Å². The Morgan fingerprint density at radius 1 is 1.55 bits per heavy atom. The smallest absolute Gasteiger partial charge is 0.255 e. The van der Waals surface area contributed by atoms with E-state index in [2.05, 4.69) is 22.9 Å². The summed E-state index contributed by atoms with van der Waals surface area (Å²) in [6, 6.07) is 5.46. The van der Waals surface area contributed by atoms with E-state index in [1.54, 1.807) is 13.2 Å². The zero-order valence-corrected chi connectivity index (χ0v) is 13.5. The molecule has 2 unspecified atom stereocenters. The van der Waals surface area contributed by atoms with Crippen molar-refractivity contribution in [1.29, 1.82) is 0 Å². The van der Waals surface area contributed by atoms with E-state index in [-0.39, 0.29) is 5.91 Å². The van der Waals surface area contributed by atoms with Gasteiger partial charge in [0.1, 0.15) is 5.75 Å². The molecule has 1 heterocycles. The van der Waals surface area contributed by atoms with Crippen LogP contribution < -0.4 is 10.5 Å². The van der Waals surface area contributed by atoms with E-state index in [1.165, 1.54) is 0 Å². The summed E-state index contributed by atoms with van der Waals surface area (Å²) in [6.45, 7) is 4.37. The zero-order chi connectivity index (χ0) is 14.7. The van der Waals surface area contributed by atoms with Crippen molar-refractivity contribution in [2.24, 2.45) is 17.6 Å². The number of piperidine rings is 1. The maximum Gasteiger partial charge on any atom is 0.255 e. The van der Waals surface area contributed by atoms with E-state index in [9.17, 15) is 4.79 Å². The van der Waals surface area contributed by atoms with E-state index in [4.69, 9.17) is 10.5 Å². The van der Waals surface area contributed by atoms with Crippen molar-refractivity contribution < 1.29 is 9.53 Å². The van der Waals surface area contributed by atoms with Crippen molar-refractivity contribution >= 4 is 21.8 Å². The number of rotatable bonds is 3. The van der Waals surface area contributed by atoms with Gasteiger partial charge in [0.2, 0.25) is 0 Å². The van der Waals surface area contributed by atoms with Crippen molar-refractivity contribution in [3.05, 3.63) is 28.2 Å². The van der Waals surface area contributed by atoms with Gasteiger partial charge in [-0.15, -0.1) is 0 Å². The standard InChI is InChI=1S/C15H21BrN2O2/c1-10-5-6-18(9-11(10)8-17)15(19)13-7-12(20-2)3-4-14(13)16/h3-4,7,10-11H,5-6,8-9,17H2,1-2H3. The van der Waals surface area contributed by atoms with Crippen molar-refractivity contribution in [2.45, 2.75) is 13.3 Å². The van der Waals surface area contributed by atoms with Crippen LogP contribution >= 0.6 is 15.9 Å². The average molecular weight is 341 g/mol. The molecule has 1 saturated heterocycles. The highest BCUT2D eigenvalue weighted by atomic mass is 79.9. The quantitative estimate of drug-likeness (QED) is 0.919. The highest BCUT2D eigenvalue weighted by molar-refractivity contribution is 9.10. The normalized spacial score (nSPS) is 22.7. The van der Waals surface area contributed by atoms with Crippen LogP contribution in [0.1, 0.15) is 23.7 Å². The molecule has 1 aliphatic rings. The van der Waals surface area contributed by atoms with Crippen LogP contribution in [-0.2, 0) is 0 Å². The Bertz CT molecular complexity index is 493. The second-order valence-electron chi connectivity index (χ2n) is 5.36. The van der Waals surface area contributed by atoms with Gasteiger partial charge in [-0.2, -0.15) is 0 Å². The molecule has 2 N–H and O–H groups in total. The molecule has 1 fully saturated rings. The lowest BCUT2D eigenvalue weighted by Crippen LogP contribution is -2.45. The van der Waals surface area contributed by atoms with Gasteiger partial charge < -0.3 is 15.4 Å². The number of benzene rings is 1. The fraction of sp³-hybridized carbons (Fsp3) is 0.533. The fourth-order valence-corrected chi connectivity index (χ4v) is 3.02. The first kappa shape index (κ1) is 15.3. The van der Waals surface area contributed by atoms with Crippen molar-refractivity contribution in [3.63, 3.8) is 0 Å². The lowest BCUT2D eigenvalue weighted by Gasteiger charge is -2.36. The Labute approximate surface area is 128 Å². The third-order valence-corrected chi connectivity index (χ3v) is 4.80. The number of likely N-dealkylation sites (tertiary alicyclic amines) is 1. The van der Waals surface area contributed by atoms with Gasteiger partial charge in [-0.25, -0.2) is 0 Å². The van der Waals surface area contributed by atoms with Crippen LogP contribution in [0, 0.1) is 11.8 Å². The topological polar surface area (TPSA) is 55.6 Å². The molecule has 0 radical (unpaired) electrons. The largest absolute Gasteiger partial charge is 0.497 e. The minimum absolute atomic E-state index is 0.0427. The predicted octanol–water partition coefficient (Wildman–Crippen LogP) is 2.51. The summed E-state index contributed by atoms with van der Waals surface area (Å²) in [6.07, 6.45) is 1.01. The maximum absolute atomic E-state index is 12.7. The zero-order valence-electron chi connectivity index (χ0n) is 11.9. The maximum atomic E-state index is 12.7. The van der Waals surface area contributed by atoms with Crippen LogP contribution in [0.4, 0.5) is 0 Å². The Morgan fingerprint density at radius 2 is 2.30 bits per heavy atom. The molecule has 0 bridgehead atoms. The molecule has 1 aromatic carbocycles. The molecular weight excluding hydrogens is 320 g/mol. The summed E-state index contributed by atoms with van der Waals surface area (Å²) in [7, 11) is 1.60. The van der Waals surface area contributed by atoms with E-state index in [0.29, 0.717) is 29.7 Å². The van der Waals surface area contributed by atoms with Crippen molar-refractivity contribution in [2.75, 3.05) is 26.7 Å². The van der Waals surface area contributed by atoms with Gasteiger partial charge in [0.05, 0.1) is 12.7 Å². The molecule has 1 aromatic rings. The minimum Gasteiger partial charge on any atom is -0.497 e. The second kappa shape index (κ2) is 6.59.